The van der Waals surface area contributed by atoms with Crippen molar-refractivity contribution in [3.05, 3.63) is 156 Å². The third kappa shape index (κ3) is 13.6. The van der Waals surface area contributed by atoms with E-state index >= 15 is 8.78 Å². The molecule has 1 heterocycles. The Morgan fingerprint density at radius 1 is 1.03 bits per heavy atom. The maximum atomic E-state index is 15.2. The molecule has 0 saturated carbocycles. The molecule has 9 nitrogen and oxygen atoms in total. The molecular weight excluding hydrogens is 802 g/mol. The lowest BCUT2D eigenvalue weighted by Gasteiger charge is -2.36. The third-order valence-electron chi connectivity index (χ3n) is 11.6. The number of rotatable bonds is 26. The maximum Gasteiger partial charge on any atom is 0.245 e. The fourth-order valence-electron chi connectivity index (χ4n) is 7.73. The van der Waals surface area contributed by atoms with Crippen LogP contribution in [0.25, 0.3) is 0 Å². The van der Waals surface area contributed by atoms with Gasteiger partial charge in [-0.2, -0.15) is 0 Å². The Morgan fingerprint density at radius 3 is 2.41 bits per heavy atom. The van der Waals surface area contributed by atoms with Crippen molar-refractivity contribution in [2.45, 2.75) is 103 Å². The number of benzene rings is 3. The fourth-order valence-corrected chi connectivity index (χ4v) is 7.73. The summed E-state index contributed by atoms with van der Waals surface area (Å²) in [7, 11) is 1.58. The number of hydrogen-bond donors (Lipinski definition) is 5. The molecule has 3 aromatic carbocycles. The van der Waals surface area contributed by atoms with Crippen molar-refractivity contribution in [1.82, 2.24) is 20.9 Å². The summed E-state index contributed by atoms with van der Waals surface area (Å²) < 4.78 is 50.6. The molecule has 4 rings (SSSR count). The standard InChI is InChI=1S/C51H67F3N6O3/c1-11-12-14-19-41(57-37(9)43-28-39-26-32(4)20-23-42(39)59-43)36(8)58-48(34(6)21-22-38-17-15-13-16-18-38)51(62)60(10)44(24-25-55)50(61)56-29-33(5)30-63-49-45(46(53)31(2)3)40(52)27-35(7)47(49)54/h11,13,15-18,20,23,26-27,34,41,43-44,46,48,57-59H,1-2,5,8-9,12,14,19,21-22,24-25,28-30,55H2,3-4,6-7,10H3,(H,56,61)/t34-,41-,43?,44?,46?,48-/m0/s1. The summed E-state index contributed by atoms with van der Waals surface area (Å²) in [4.78, 5) is 30.0. The predicted octanol–water partition coefficient (Wildman–Crippen LogP) is 9.00. The van der Waals surface area contributed by atoms with E-state index in [9.17, 15) is 14.0 Å². The van der Waals surface area contributed by atoms with Crippen molar-refractivity contribution >= 4 is 17.5 Å². The second kappa shape index (κ2) is 23.6. The Balaban J connectivity index is 1.50. The first-order valence-corrected chi connectivity index (χ1v) is 21.7. The lowest BCUT2D eigenvalue weighted by atomic mass is 9.91. The first-order valence-electron chi connectivity index (χ1n) is 21.7. The number of nitrogens with zero attached hydrogens (tertiary/aromatic N) is 1. The van der Waals surface area contributed by atoms with E-state index in [4.69, 9.17) is 10.5 Å². The summed E-state index contributed by atoms with van der Waals surface area (Å²) in [5.74, 6) is -3.47. The molecule has 340 valence electrons. The average Bonchev–Trinajstić information content (AvgIpc) is 3.69. The van der Waals surface area contributed by atoms with Gasteiger partial charge in [-0.25, -0.2) is 13.2 Å². The zero-order valence-electron chi connectivity index (χ0n) is 37.7. The highest BCUT2D eigenvalue weighted by Gasteiger charge is 2.35. The van der Waals surface area contributed by atoms with Gasteiger partial charge in [0.2, 0.25) is 11.8 Å². The Labute approximate surface area is 372 Å². The molecule has 0 radical (unpaired) electrons. The molecule has 63 heavy (non-hydrogen) atoms. The molecule has 0 aliphatic carbocycles. The van der Waals surface area contributed by atoms with E-state index in [0.29, 0.717) is 18.5 Å². The van der Waals surface area contributed by atoms with Crippen molar-refractivity contribution in [3.8, 4) is 5.75 Å². The monoisotopic (exact) mass is 869 g/mol. The lowest BCUT2D eigenvalue weighted by molar-refractivity contribution is -0.141. The minimum absolute atomic E-state index is 0.0190. The second-order valence-corrected chi connectivity index (χ2v) is 16.9. The molecular formula is C51H67F3N6O3. The fraction of sp³-hybridized carbons (Fsp3) is 0.412. The van der Waals surface area contributed by atoms with Crippen LogP contribution in [-0.2, 0) is 22.4 Å². The van der Waals surface area contributed by atoms with Crippen LogP contribution < -0.4 is 31.7 Å². The summed E-state index contributed by atoms with van der Waals surface area (Å²) in [5.41, 5.74) is 11.7. The van der Waals surface area contributed by atoms with Crippen molar-refractivity contribution in [2.75, 3.05) is 32.1 Å². The average molecular weight is 869 g/mol. The van der Waals surface area contributed by atoms with Crippen molar-refractivity contribution < 1.29 is 27.5 Å². The number of likely N-dealkylation sites (N-methyl/N-ethyl adjacent to an activating group) is 1. The number of anilines is 1. The molecule has 6 N–H and O–H groups in total. The number of alkyl halides is 1. The summed E-state index contributed by atoms with van der Waals surface area (Å²) in [6.07, 6.45) is 4.54. The highest BCUT2D eigenvalue weighted by Crippen LogP contribution is 2.38. The summed E-state index contributed by atoms with van der Waals surface area (Å²) in [6.45, 7) is 26.7. The maximum absolute atomic E-state index is 15.2. The van der Waals surface area contributed by atoms with E-state index in [1.807, 2.05) is 31.2 Å². The molecule has 0 fully saturated rings. The Kier molecular flexibility index (Phi) is 18.7. The van der Waals surface area contributed by atoms with Crippen LogP contribution in [0.5, 0.6) is 5.75 Å². The van der Waals surface area contributed by atoms with Crippen LogP contribution in [0.1, 0.15) is 79.9 Å². The van der Waals surface area contributed by atoms with Crippen LogP contribution in [0.15, 0.2) is 116 Å². The van der Waals surface area contributed by atoms with Crippen molar-refractivity contribution in [2.24, 2.45) is 11.7 Å². The van der Waals surface area contributed by atoms with Gasteiger partial charge in [-0.1, -0.05) is 87.3 Å². The van der Waals surface area contributed by atoms with Crippen LogP contribution in [0.2, 0.25) is 0 Å². The number of amides is 2. The first kappa shape index (κ1) is 49.9. The van der Waals surface area contributed by atoms with E-state index in [-0.39, 0.29) is 66.7 Å². The van der Waals surface area contributed by atoms with Gasteiger partial charge in [0.15, 0.2) is 17.7 Å². The van der Waals surface area contributed by atoms with Crippen LogP contribution >= 0.6 is 0 Å². The molecule has 12 heteroatoms. The molecule has 0 aromatic heterocycles. The van der Waals surface area contributed by atoms with E-state index in [2.05, 4.69) is 91.4 Å². The third-order valence-corrected chi connectivity index (χ3v) is 11.6. The van der Waals surface area contributed by atoms with Gasteiger partial charge in [-0.3, -0.25) is 9.59 Å². The SMILES string of the molecule is C=CCCC[C@H](NC(=C)C1Cc2cc(C)ccc2N1)C(=C)N[C@H](C(=O)N(C)C(CCN)C(=O)NCC(=C)COc1c(F)c(C)cc(F)c1C(F)C(=C)C)[C@@H](C)CCc1ccccc1. The first-order chi connectivity index (χ1) is 30.0. The number of unbranched alkanes of at least 4 members (excludes halogenated alkanes) is 1. The molecule has 3 unspecified atom stereocenters. The van der Waals surface area contributed by atoms with Gasteiger partial charge in [-0.05, 0) is 112 Å². The molecule has 1 aliphatic heterocycles. The number of ether oxygens (including phenoxy) is 1. The van der Waals surface area contributed by atoms with Gasteiger partial charge < -0.3 is 36.6 Å². The molecule has 2 amide bonds. The van der Waals surface area contributed by atoms with Gasteiger partial charge in [0.25, 0.3) is 0 Å². The summed E-state index contributed by atoms with van der Waals surface area (Å²) in [5, 5.41) is 13.5. The van der Waals surface area contributed by atoms with Gasteiger partial charge >= 0.3 is 0 Å². The zero-order valence-corrected chi connectivity index (χ0v) is 37.7. The highest BCUT2D eigenvalue weighted by atomic mass is 19.1. The molecule has 0 spiro atoms. The number of hydrogen-bond acceptors (Lipinski definition) is 7. The molecule has 0 saturated heterocycles. The van der Waals surface area contributed by atoms with Crippen LogP contribution in [-0.4, -0.2) is 67.6 Å². The number of nitrogens with two attached hydrogens (primary N) is 1. The number of nitrogens with one attached hydrogen (secondary N) is 4. The number of carbonyl (C=O) groups is 2. The molecule has 0 bridgehead atoms. The number of allylic oxidation sites excluding steroid dienone is 2. The largest absolute Gasteiger partial charge is 0.486 e. The topological polar surface area (TPSA) is 121 Å². The quantitative estimate of drug-likeness (QED) is 0.0404. The highest BCUT2D eigenvalue weighted by molar-refractivity contribution is 5.90. The summed E-state index contributed by atoms with van der Waals surface area (Å²) in [6, 6.07) is 15.3. The summed E-state index contributed by atoms with van der Waals surface area (Å²) >= 11 is 0. The normalized spacial score (nSPS) is 15.3. The Morgan fingerprint density at radius 2 is 1.75 bits per heavy atom. The van der Waals surface area contributed by atoms with Crippen LogP contribution in [0, 0.1) is 31.4 Å². The van der Waals surface area contributed by atoms with Crippen molar-refractivity contribution in [3.63, 3.8) is 0 Å². The van der Waals surface area contributed by atoms with Crippen LogP contribution in [0.4, 0.5) is 18.9 Å². The Bertz CT molecular complexity index is 2120. The Hall–Kier alpha value is -5.75. The zero-order chi connectivity index (χ0) is 46.4. The second-order valence-electron chi connectivity index (χ2n) is 16.9. The van der Waals surface area contributed by atoms with Gasteiger partial charge in [0, 0.05) is 37.1 Å². The minimum atomic E-state index is -2.00. The molecule has 1 aliphatic rings. The predicted molar refractivity (Wildman–Crippen MR) is 250 cm³/mol. The van der Waals surface area contributed by atoms with Crippen molar-refractivity contribution in [1.29, 1.82) is 0 Å². The van der Waals surface area contributed by atoms with Crippen LogP contribution in [0.3, 0.4) is 0 Å². The number of carbonyl (C=O) groups excluding carboxylic acids is 2. The van der Waals surface area contributed by atoms with E-state index < -0.39 is 47.1 Å². The van der Waals surface area contributed by atoms with Gasteiger partial charge in [-0.15, -0.1) is 6.58 Å². The van der Waals surface area contributed by atoms with E-state index in [1.54, 1.807) is 7.05 Å². The number of aryl methyl sites for hydroxylation is 3. The van der Waals surface area contributed by atoms with E-state index in [1.165, 1.54) is 29.9 Å². The number of fused-ring (bicyclic) bond motifs is 1. The number of halogens is 3. The molecule has 6 atom stereocenters. The van der Waals surface area contributed by atoms with Gasteiger partial charge in [0.1, 0.15) is 24.5 Å². The smallest absolute Gasteiger partial charge is 0.245 e. The van der Waals surface area contributed by atoms with Gasteiger partial charge in [0.05, 0.1) is 17.6 Å². The lowest BCUT2D eigenvalue weighted by Crippen LogP contribution is -2.56. The minimum Gasteiger partial charge on any atom is -0.486 e. The molecule has 3 aromatic rings. The van der Waals surface area contributed by atoms with E-state index in [0.717, 1.165) is 48.7 Å².